The van der Waals surface area contributed by atoms with Crippen molar-refractivity contribution in [3.8, 4) is 16.9 Å². The molecule has 1 spiro atoms. The van der Waals surface area contributed by atoms with Gasteiger partial charge in [-0.1, -0.05) is 12.1 Å². The molecule has 0 bridgehead atoms. The zero-order valence-electron chi connectivity index (χ0n) is 21.4. The Balaban J connectivity index is 1.30. The molecule has 0 radical (unpaired) electrons. The topological polar surface area (TPSA) is 133 Å². The first-order valence-corrected chi connectivity index (χ1v) is 13.2. The molecule has 4 N–H and O–H groups in total. The molecule has 2 aromatic heterocycles. The second-order valence-electron chi connectivity index (χ2n) is 10.4. The van der Waals surface area contributed by atoms with Crippen molar-refractivity contribution in [3.05, 3.63) is 48.4 Å². The Labute approximate surface area is 220 Å². The Kier molecular flexibility index (Phi) is 6.27. The third kappa shape index (κ3) is 4.49. The number of anilines is 3. The highest BCUT2D eigenvalue weighted by Gasteiger charge is 2.47. The molecular formula is C28H32N6O4. The van der Waals surface area contributed by atoms with Crippen molar-refractivity contribution < 1.29 is 19.1 Å². The third-order valence-electron chi connectivity index (χ3n) is 7.91. The fraction of sp³-hybridized carbons (Fsp3) is 0.429. The van der Waals surface area contributed by atoms with Crippen LogP contribution < -0.4 is 21.1 Å². The molecular weight excluding hydrogens is 484 g/mol. The van der Waals surface area contributed by atoms with Crippen LogP contribution in [0, 0.1) is 5.92 Å². The molecule has 198 valence electrons. The van der Waals surface area contributed by atoms with Gasteiger partial charge in [-0.25, -0.2) is 4.98 Å². The van der Waals surface area contributed by atoms with Crippen molar-refractivity contribution in [2.75, 3.05) is 24.4 Å². The average Bonchev–Trinajstić information content (AvgIpc) is 3.28. The van der Waals surface area contributed by atoms with E-state index in [-0.39, 0.29) is 29.0 Å². The van der Waals surface area contributed by atoms with E-state index < -0.39 is 5.91 Å². The summed E-state index contributed by atoms with van der Waals surface area (Å²) in [7, 11) is 1.61. The van der Waals surface area contributed by atoms with Gasteiger partial charge >= 0.3 is 0 Å². The van der Waals surface area contributed by atoms with Gasteiger partial charge in [0, 0.05) is 42.1 Å². The number of amides is 2. The summed E-state index contributed by atoms with van der Waals surface area (Å²) >= 11 is 0. The Bertz CT molecular complexity index is 1370. The molecule has 2 aliphatic carbocycles. The predicted molar refractivity (Wildman–Crippen MR) is 142 cm³/mol. The van der Waals surface area contributed by atoms with Crippen LogP contribution in [0.1, 0.15) is 61.3 Å². The molecule has 2 amide bonds. The number of hydrogen-bond acceptors (Lipinski definition) is 7. The minimum atomic E-state index is -0.629. The lowest BCUT2D eigenvalue weighted by atomic mass is 9.94. The number of aromatic nitrogens is 3. The molecule has 1 aliphatic heterocycles. The van der Waals surface area contributed by atoms with E-state index >= 15 is 0 Å². The molecule has 2 saturated carbocycles. The van der Waals surface area contributed by atoms with Crippen molar-refractivity contribution in [3.63, 3.8) is 0 Å². The second-order valence-corrected chi connectivity index (χ2v) is 10.4. The third-order valence-corrected chi connectivity index (χ3v) is 7.91. The summed E-state index contributed by atoms with van der Waals surface area (Å²) in [6, 6.07) is 7.59. The van der Waals surface area contributed by atoms with Crippen LogP contribution in [-0.2, 0) is 9.53 Å². The minimum Gasteiger partial charge on any atom is -0.494 e. The molecule has 10 heteroatoms. The molecule has 0 unspecified atom stereocenters. The molecule has 6 rings (SSSR count). The van der Waals surface area contributed by atoms with Crippen LogP contribution in [0.5, 0.6) is 5.75 Å². The first-order valence-electron chi connectivity index (χ1n) is 13.2. The van der Waals surface area contributed by atoms with E-state index in [9.17, 15) is 9.59 Å². The predicted octanol–water partition coefficient (Wildman–Crippen LogP) is 4.42. The van der Waals surface area contributed by atoms with Gasteiger partial charge in [0.1, 0.15) is 11.6 Å². The minimum absolute atomic E-state index is 0.0288. The number of methoxy groups -OCH3 is 1. The van der Waals surface area contributed by atoms with Crippen LogP contribution in [-0.4, -0.2) is 45.9 Å². The molecule has 3 aliphatic rings. The van der Waals surface area contributed by atoms with Crippen LogP contribution >= 0.6 is 0 Å². The number of pyridine rings is 1. The normalized spacial score (nSPS) is 22.5. The van der Waals surface area contributed by atoms with E-state index in [2.05, 4.69) is 26.5 Å². The van der Waals surface area contributed by atoms with E-state index in [1.54, 1.807) is 13.2 Å². The Morgan fingerprint density at radius 3 is 2.74 bits per heavy atom. The Morgan fingerprint density at radius 1 is 1.16 bits per heavy atom. The lowest BCUT2D eigenvalue weighted by Crippen LogP contribution is -2.34. The van der Waals surface area contributed by atoms with E-state index in [0.29, 0.717) is 22.9 Å². The molecule has 3 aromatic rings. The van der Waals surface area contributed by atoms with E-state index in [4.69, 9.17) is 20.3 Å². The van der Waals surface area contributed by atoms with Crippen molar-refractivity contribution in [2.24, 2.45) is 11.7 Å². The van der Waals surface area contributed by atoms with Crippen LogP contribution in [0.3, 0.4) is 0 Å². The number of carbonyl (C=O) groups excluding carboxylic acids is 2. The lowest BCUT2D eigenvalue weighted by molar-refractivity contribution is -0.117. The maximum Gasteiger partial charge on any atom is 0.252 e. The highest BCUT2D eigenvalue weighted by Crippen LogP contribution is 2.48. The largest absolute Gasteiger partial charge is 0.494 e. The number of para-hydroxylation sites is 1. The second kappa shape index (κ2) is 9.75. The van der Waals surface area contributed by atoms with Gasteiger partial charge in [-0.15, -0.1) is 0 Å². The Hall–Kier alpha value is -3.92. The summed E-state index contributed by atoms with van der Waals surface area (Å²) in [5, 5.41) is 10.8. The average molecular weight is 517 g/mol. The van der Waals surface area contributed by atoms with Gasteiger partial charge in [0.2, 0.25) is 5.91 Å². The number of hydrogen-bond donors (Lipinski definition) is 3. The van der Waals surface area contributed by atoms with E-state index in [0.717, 1.165) is 62.7 Å². The van der Waals surface area contributed by atoms with Gasteiger partial charge in [0.05, 0.1) is 41.9 Å². The van der Waals surface area contributed by atoms with Gasteiger partial charge in [-0.2, -0.15) is 5.10 Å². The van der Waals surface area contributed by atoms with E-state index in [1.807, 2.05) is 24.4 Å². The first-order chi connectivity index (χ1) is 18.5. The summed E-state index contributed by atoms with van der Waals surface area (Å²) in [5.74, 6) is 0.280. The molecule has 38 heavy (non-hydrogen) atoms. The van der Waals surface area contributed by atoms with Crippen LogP contribution in [0.2, 0.25) is 0 Å². The molecule has 3 fully saturated rings. The number of nitrogens with one attached hydrogen (secondary N) is 2. The maximum atomic E-state index is 12.2. The fourth-order valence-corrected chi connectivity index (χ4v) is 5.85. The summed E-state index contributed by atoms with van der Waals surface area (Å²) < 4.78 is 14.1. The summed E-state index contributed by atoms with van der Waals surface area (Å²) in [6.07, 6.45) is 12.5. The molecule has 10 nitrogen and oxygen atoms in total. The number of nitrogens with two attached hydrogens (primary N) is 1. The highest BCUT2D eigenvalue weighted by atomic mass is 16.5. The van der Waals surface area contributed by atoms with Crippen molar-refractivity contribution in [1.82, 2.24) is 14.8 Å². The van der Waals surface area contributed by atoms with Crippen molar-refractivity contribution in [2.45, 2.75) is 56.6 Å². The fourth-order valence-electron chi connectivity index (χ4n) is 5.85. The lowest BCUT2D eigenvalue weighted by Gasteiger charge is -2.30. The number of rotatable bonds is 8. The highest BCUT2D eigenvalue weighted by molar-refractivity contribution is 6.01. The van der Waals surface area contributed by atoms with Crippen LogP contribution in [0.4, 0.5) is 17.2 Å². The SMILES string of the molecule is COc1c(Nc2cc(NC(=O)C3CC3)ncc2C(N)=O)cccc1-c1cnn([C@@H]2CCC[C@]23CCCO3)c1. The summed E-state index contributed by atoms with van der Waals surface area (Å²) in [6.45, 7) is 0.820. The molecule has 1 aromatic carbocycles. The molecule has 1 saturated heterocycles. The smallest absolute Gasteiger partial charge is 0.252 e. The summed E-state index contributed by atoms with van der Waals surface area (Å²) in [4.78, 5) is 28.6. The van der Waals surface area contributed by atoms with Crippen molar-refractivity contribution >= 4 is 29.0 Å². The molecule has 3 heterocycles. The monoisotopic (exact) mass is 516 g/mol. The van der Waals surface area contributed by atoms with Gasteiger partial charge in [-0.05, 0) is 51.0 Å². The first kappa shape index (κ1) is 24.4. The maximum absolute atomic E-state index is 12.2. The molecule has 2 atom stereocenters. The quantitative estimate of drug-likeness (QED) is 0.404. The van der Waals surface area contributed by atoms with Gasteiger partial charge in [0.15, 0.2) is 0 Å². The number of nitrogens with zero attached hydrogens (tertiary/aromatic N) is 3. The van der Waals surface area contributed by atoms with Gasteiger partial charge in [-0.3, -0.25) is 14.3 Å². The Morgan fingerprint density at radius 2 is 2.00 bits per heavy atom. The van der Waals surface area contributed by atoms with Crippen LogP contribution in [0.15, 0.2) is 42.9 Å². The number of primary amides is 1. The summed E-state index contributed by atoms with van der Waals surface area (Å²) in [5.41, 5.74) is 8.58. The zero-order valence-corrected chi connectivity index (χ0v) is 21.4. The number of carbonyl (C=O) groups is 2. The van der Waals surface area contributed by atoms with Gasteiger partial charge < -0.3 is 25.8 Å². The van der Waals surface area contributed by atoms with Gasteiger partial charge in [0.25, 0.3) is 5.91 Å². The zero-order chi connectivity index (χ0) is 26.3. The number of ether oxygens (including phenoxy) is 2. The van der Waals surface area contributed by atoms with E-state index in [1.165, 1.54) is 6.20 Å². The van der Waals surface area contributed by atoms with Crippen molar-refractivity contribution in [1.29, 1.82) is 0 Å². The standard InChI is InChI=1S/C28H32N6O4/c1-37-25-19(18-14-31-34(16-18)23-7-3-10-28(23)11-4-12-38-28)5-2-6-21(25)32-22-13-24(30-15-20(22)26(29)35)33-27(36)17-8-9-17/h2,5-6,13-17,23H,3-4,7-12H2,1H3,(H2,29,35)(H2,30,32,33,36)/t23-,28+/m1/s1. The van der Waals surface area contributed by atoms with Crippen LogP contribution in [0.25, 0.3) is 11.1 Å². The number of benzene rings is 1.